The Morgan fingerprint density at radius 2 is 1.76 bits per heavy atom. The summed E-state index contributed by atoms with van der Waals surface area (Å²) in [7, 11) is 0. The van der Waals surface area contributed by atoms with Crippen LogP contribution in [-0.2, 0) is 4.74 Å². The largest absolute Gasteiger partial charge is 0.513 e. The molecule has 0 saturated heterocycles. The number of nitrogens with zero attached hydrogens (tertiary/aromatic N) is 1. The highest BCUT2D eigenvalue weighted by Crippen LogP contribution is 2.17. The predicted molar refractivity (Wildman–Crippen MR) is 80.6 cm³/mol. The highest BCUT2D eigenvalue weighted by Gasteiger charge is 2.08. The first kappa shape index (κ1) is 18.9. The fraction of sp³-hybridized carbons (Fsp3) is 0.533. The van der Waals surface area contributed by atoms with Crippen LogP contribution in [-0.4, -0.2) is 17.7 Å². The monoisotopic (exact) mass is 297 g/mol. The van der Waals surface area contributed by atoms with Crippen LogP contribution in [0.25, 0.3) is 0 Å². The number of non-ortho nitro benzene ring substituents is 1. The second kappa shape index (κ2) is 11.7. The minimum atomic E-state index is -0.787. The molecule has 1 aromatic rings. The van der Waals surface area contributed by atoms with Gasteiger partial charge in [0.05, 0.1) is 11.5 Å². The van der Waals surface area contributed by atoms with Crippen LogP contribution < -0.4 is 4.74 Å². The molecule has 1 rings (SSSR count). The van der Waals surface area contributed by atoms with Crippen molar-refractivity contribution in [2.45, 2.75) is 46.5 Å². The zero-order chi connectivity index (χ0) is 16.1. The Labute approximate surface area is 125 Å². The summed E-state index contributed by atoms with van der Waals surface area (Å²) >= 11 is 0. The minimum Gasteiger partial charge on any atom is -0.434 e. The Balaban J connectivity index is 0.00000191. The summed E-state index contributed by atoms with van der Waals surface area (Å²) in [6, 6.07) is 5.25. The molecule has 6 heteroatoms. The molecular weight excluding hydrogens is 274 g/mol. The maximum atomic E-state index is 11.3. The summed E-state index contributed by atoms with van der Waals surface area (Å²) < 4.78 is 9.75. The molecule has 0 unspecified atom stereocenters. The van der Waals surface area contributed by atoms with E-state index < -0.39 is 11.1 Å². The van der Waals surface area contributed by atoms with Crippen molar-refractivity contribution in [2.75, 3.05) is 6.61 Å². The van der Waals surface area contributed by atoms with Gasteiger partial charge >= 0.3 is 6.16 Å². The highest BCUT2D eigenvalue weighted by molar-refractivity contribution is 5.63. The lowest BCUT2D eigenvalue weighted by molar-refractivity contribution is -0.384. The third-order valence-corrected chi connectivity index (χ3v) is 2.47. The van der Waals surface area contributed by atoms with Gasteiger partial charge in [-0.2, -0.15) is 0 Å². The standard InChI is InChI=1S/C13H17NO5.C2H6/c1-2-3-4-5-10-18-13(15)19-12-8-6-11(7-9-12)14(16)17;1-2/h6-9H,2-5,10H2,1H3;1-2H3. The number of rotatable bonds is 7. The van der Waals surface area contributed by atoms with Crippen molar-refractivity contribution in [2.24, 2.45) is 0 Å². The van der Waals surface area contributed by atoms with Crippen LogP contribution >= 0.6 is 0 Å². The smallest absolute Gasteiger partial charge is 0.434 e. The predicted octanol–water partition coefficient (Wildman–Crippen LogP) is 4.72. The summed E-state index contributed by atoms with van der Waals surface area (Å²) in [6.45, 7) is 6.43. The van der Waals surface area contributed by atoms with Crippen LogP contribution in [0.15, 0.2) is 24.3 Å². The average Bonchev–Trinajstić information content (AvgIpc) is 2.49. The molecule has 6 nitrogen and oxygen atoms in total. The topological polar surface area (TPSA) is 78.7 Å². The van der Waals surface area contributed by atoms with Gasteiger partial charge in [-0.3, -0.25) is 10.1 Å². The second-order valence-corrected chi connectivity index (χ2v) is 4.01. The molecule has 1 aromatic carbocycles. The van der Waals surface area contributed by atoms with Crippen LogP contribution in [0, 0.1) is 10.1 Å². The van der Waals surface area contributed by atoms with Crippen LogP contribution in [0.3, 0.4) is 0 Å². The summed E-state index contributed by atoms with van der Waals surface area (Å²) in [5.41, 5.74) is -0.0553. The molecule has 0 spiro atoms. The van der Waals surface area contributed by atoms with Crippen LogP contribution in [0.1, 0.15) is 46.5 Å². The van der Waals surface area contributed by atoms with E-state index >= 15 is 0 Å². The Morgan fingerprint density at radius 1 is 1.14 bits per heavy atom. The zero-order valence-corrected chi connectivity index (χ0v) is 12.8. The van der Waals surface area contributed by atoms with Gasteiger partial charge in [-0.25, -0.2) is 4.79 Å². The first-order valence-electron chi connectivity index (χ1n) is 7.22. The van der Waals surface area contributed by atoms with Gasteiger partial charge in [0.2, 0.25) is 0 Å². The molecule has 0 aliphatic heterocycles. The number of benzene rings is 1. The molecule has 0 aromatic heterocycles. The van der Waals surface area contributed by atoms with Gasteiger partial charge < -0.3 is 9.47 Å². The average molecular weight is 297 g/mol. The number of hydrogen-bond acceptors (Lipinski definition) is 5. The Kier molecular flexibility index (Phi) is 10.5. The van der Waals surface area contributed by atoms with E-state index in [4.69, 9.17) is 9.47 Å². The van der Waals surface area contributed by atoms with Gasteiger partial charge in [-0.05, 0) is 18.6 Å². The van der Waals surface area contributed by atoms with Gasteiger partial charge in [0.1, 0.15) is 5.75 Å². The summed E-state index contributed by atoms with van der Waals surface area (Å²) in [5.74, 6) is 0.226. The fourth-order valence-electron chi connectivity index (χ4n) is 1.45. The van der Waals surface area contributed by atoms with Crippen LogP contribution in [0.5, 0.6) is 5.75 Å². The van der Waals surface area contributed by atoms with Gasteiger partial charge in [-0.15, -0.1) is 0 Å². The number of ether oxygens (including phenoxy) is 2. The zero-order valence-electron chi connectivity index (χ0n) is 12.8. The summed E-state index contributed by atoms with van der Waals surface area (Å²) in [5, 5.41) is 10.4. The van der Waals surface area contributed by atoms with Crippen LogP contribution in [0.2, 0.25) is 0 Å². The molecule has 118 valence electrons. The molecule has 0 aliphatic rings. The van der Waals surface area contributed by atoms with Crippen molar-refractivity contribution in [1.29, 1.82) is 0 Å². The maximum Gasteiger partial charge on any atom is 0.513 e. The van der Waals surface area contributed by atoms with E-state index in [1.165, 1.54) is 24.3 Å². The number of unbranched alkanes of at least 4 members (excludes halogenated alkanes) is 3. The third-order valence-electron chi connectivity index (χ3n) is 2.47. The van der Waals surface area contributed by atoms with Crippen molar-refractivity contribution in [3.8, 4) is 5.75 Å². The van der Waals surface area contributed by atoms with E-state index in [0.29, 0.717) is 6.61 Å². The van der Waals surface area contributed by atoms with Gasteiger partial charge in [0, 0.05) is 12.1 Å². The Hall–Kier alpha value is -2.11. The number of nitro groups is 1. The molecule has 21 heavy (non-hydrogen) atoms. The lowest BCUT2D eigenvalue weighted by Gasteiger charge is -2.05. The second-order valence-electron chi connectivity index (χ2n) is 4.01. The van der Waals surface area contributed by atoms with Crippen molar-refractivity contribution in [1.82, 2.24) is 0 Å². The number of carbonyl (C=O) groups excluding carboxylic acids is 1. The Bertz CT molecular complexity index is 417. The number of nitro benzene ring substituents is 1. The minimum absolute atomic E-state index is 0.0553. The van der Waals surface area contributed by atoms with Crippen molar-refractivity contribution < 1.29 is 19.2 Å². The molecule has 0 N–H and O–H groups in total. The summed E-state index contributed by atoms with van der Waals surface area (Å²) in [6.07, 6.45) is 3.27. The van der Waals surface area contributed by atoms with E-state index in [9.17, 15) is 14.9 Å². The first-order chi connectivity index (χ1) is 10.1. The molecule has 0 fully saturated rings. The van der Waals surface area contributed by atoms with Crippen molar-refractivity contribution in [3.05, 3.63) is 34.4 Å². The molecule has 0 amide bonds. The maximum absolute atomic E-state index is 11.3. The molecule has 0 radical (unpaired) electrons. The quantitative estimate of drug-likeness (QED) is 0.239. The first-order valence-corrected chi connectivity index (χ1v) is 7.22. The Morgan fingerprint density at radius 3 is 2.29 bits per heavy atom. The highest BCUT2D eigenvalue weighted by atomic mass is 16.7. The lowest BCUT2D eigenvalue weighted by Crippen LogP contribution is -2.11. The van der Waals surface area contributed by atoms with E-state index in [2.05, 4.69) is 6.92 Å². The van der Waals surface area contributed by atoms with E-state index in [-0.39, 0.29) is 11.4 Å². The normalized spacial score (nSPS) is 9.29. The van der Waals surface area contributed by atoms with Crippen molar-refractivity contribution in [3.63, 3.8) is 0 Å². The van der Waals surface area contributed by atoms with Gasteiger partial charge in [0.25, 0.3) is 5.69 Å². The van der Waals surface area contributed by atoms with Crippen molar-refractivity contribution >= 4 is 11.8 Å². The van der Waals surface area contributed by atoms with Gasteiger partial charge in [-0.1, -0.05) is 40.0 Å². The molecule has 0 atom stereocenters. The van der Waals surface area contributed by atoms with Crippen LogP contribution in [0.4, 0.5) is 10.5 Å². The third kappa shape index (κ3) is 8.62. The molecule has 0 saturated carbocycles. The van der Waals surface area contributed by atoms with E-state index in [1.807, 2.05) is 13.8 Å². The SMILES string of the molecule is CC.CCCCCCOC(=O)Oc1ccc([N+](=O)[O-])cc1. The lowest BCUT2D eigenvalue weighted by atomic mass is 10.2. The number of carbonyl (C=O) groups is 1. The molecule has 0 aliphatic carbocycles. The molecular formula is C15H23NO5. The summed E-state index contributed by atoms with van der Waals surface area (Å²) in [4.78, 5) is 21.2. The molecule has 0 heterocycles. The molecule has 0 bridgehead atoms. The van der Waals surface area contributed by atoms with E-state index in [0.717, 1.165) is 25.7 Å². The van der Waals surface area contributed by atoms with E-state index in [1.54, 1.807) is 0 Å². The number of hydrogen-bond donors (Lipinski definition) is 0. The van der Waals surface area contributed by atoms with Gasteiger partial charge in [0.15, 0.2) is 0 Å². The fourth-order valence-corrected chi connectivity index (χ4v) is 1.45.